The summed E-state index contributed by atoms with van der Waals surface area (Å²) >= 11 is 0. The fraction of sp³-hybridized carbons (Fsp3) is 0.429. The second-order valence-corrected chi connectivity index (χ2v) is 9.06. The molecule has 0 saturated carbocycles. The first-order valence-electron chi connectivity index (χ1n) is 12.5. The van der Waals surface area contributed by atoms with Crippen LogP contribution in [0.3, 0.4) is 0 Å². The van der Waals surface area contributed by atoms with Gasteiger partial charge in [0.2, 0.25) is 11.7 Å². The van der Waals surface area contributed by atoms with Gasteiger partial charge in [-0.25, -0.2) is 0 Å². The van der Waals surface area contributed by atoms with Crippen LogP contribution >= 0.6 is 0 Å². The number of amides is 2. The van der Waals surface area contributed by atoms with E-state index in [0.717, 1.165) is 35.9 Å². The average Bonchev–Trinajstić information content (AvgIpc) is 3.24. The maximum absolute atomic E-state index is 13.6. The van der Waals surface area contributed by atoms with E-state index in [1.807, 2.05) is 54.3 Å². The highest BCUT2D eigenvalue weighted by Crippen LogP contribution is 2.39. The molecule has 8 nitrogen and oxygen atoms in total. The molecule has 1 saturated heterocycles. The van der Waals surface area contributed by atoms with Gasteiger partial charge in [-0.15, -0.1) is 0 Å². The quantitative estimate of drug-likeness (QED) is 0.565. The van der Waals surface area contributed by atoms with E-state index in [9.17, 15) is 9.59 Å². The van der Waals surface area contributed by atoms with Gasteiger partial charge in [-0.3, -0.25) is 9.59 Å². The van der Waals surface area contributed by atoms with Gasteiger partial charge < -0.3 is 29.4 Å². The number of hydrogen-bond donors (Lipinski definition) is 2. The van der Waals surface area contributed by atoms with Crippen molar-refractivity contribution >= 4 is 22.8 Å². The van der Waals surface area contributed by atoms with E-state index in [-0.39, 0.29) is 17.9 Å². The number of rotatable bonds is 4. The first kappa shape index (κ1) is 25.6. The van der Waals surface area contributed by atoms with Crippen LogP contribution in [0, 0.1) is 6.92 Å². The van der Waals surface area contributed by atoms with Crippen molar-refractivity contribution in [2.24, 2.45) is 0 Å². The first-order valence-corrected chi connectivity index (χ1v) is 12.5. The Morgan fingerprint density at radius 2 is 1.78 bits per heavy atom. The van der Waals surface area contributed by atoms with E-state index < -0.39 is 0 Å². The molecule has 1 aliphatic heterocycles. The van der Waals surface area contributed by atoms with Gasteiger partial charge in [0.05, 0.1) is 14.2 Å². The standard InChI is InChI=1S/C28H35N3O5/c1-19-21-12-13-23(34-2)27(35-3)26(21)36-25(19)28(33)31-16-8-7-14-29-22(20-10-5-4-6-11-20)18-24(32)30-15-9-17-31/h4-6,10-13,22,29H,7-9,14-18H2,1-3H3,(H,30,32). The topological polar surface area (TPSA) is 93.0 Å². The summed E-state index contributed by atoms with van der Waals surface area (Å²) in [7, 11) is 3.13. The Hall–Kier alpha value is -3.52. The number of fused-ring (bicyclic) bond motifs is 1. The van der Waals surface area contributed by atoms with Crippen LogP contribution in [0.25, 0.3) is 11.0 Å². The van der Waals surface area contributed by atoms with Gasteiger partial charge in [-0.1, -0.05) is 30.3 Å². The van der Waals surface area contributed by atoms with Crippen molar-refractivity contribution in [1.82, 2.24) is 15.5 Å². The molecule has 1 aliphatic rings. The Kier molecular flexibility index (Phi) is 8.48. The smallest absolute Gasteiger partial charge is 0.289 e. The van der Waals surface area contributed by atoms with Gasteiger partial charge in [0.1, 0.15) is 0 Å². The highest BCUT2D eigenvalue weighted by Gasteiger charge is 2.26. The third-order valence-corrected chi connectivity index (χ3v) is 6.69. The summed E-state index contributed by atoms with van der Waals surface area (Å²) in [5, 5.41) is 7.36. The van der Waals surface area contributed by atoms with Crippen LogP contribution in [0.4, 0.5) is 0 Å². The van der Waals surface area contributed by atoms with Crippen molar-refractivity contribution in [3.8, 4) is 11.5 Å². The Balaban J connectivity index is 1.50. The molecule has 192 valence electrons. The molecule has 1 fully saturated rings. The van der Waals surface area contributed by atoms with Crippen LogP contribution in [0.5, 0.6) is 11.5 Å². The van der Waals surface area contributed by atoms with E-state index in [0.29, 0.717) is 55.3 Å². The van der Waals surface area contributed by atoms with Crippen molar-refractivity contribution < 1.29 is 23.5 Å². The molecule has 8 heteroatoms. The maximum atomic E-state index is 13.6. The number of benzene rings is 2. The molecular weight excluding hydrogens is 458 g/mol. The number of aryl methyl sites for hydroxylation is 1. The van der Waals surface area contributed by atoms with Crippen molar-refractivity contribution in [2.45, 2.75) is 38.6 Å². The van der Waals surface area contributed by atoms with Crippen molar-refractivity contribution in [1.29, 1.82) is 0 Å². The van der Waals surface area contributed by atoms with Crippen LogP contribution in [-0.4, -0.2) is 57.1 Å². The predicted octanol–water partition coefficient (Wildman–Crippen LogP) is 4.22. The fourth-order valence-corrected chi connectivity index (χ4v) is 4.71. The Bertz CT molecular complexity index is 1190. The van der Waals surface area contributed by atoms with E-state index in [2.05, 4.69) is 10.6 Å². The van der Waals surface area contributed by atoms with E-state index in [4.69, 9.17) is 13.9 Å². The van der Waals surface area contributed by atoms with E-state index in [1.165, 1.54) is 0 Å². The highest BCUT2D eigenvalue weighted by atomic mass is 16.5. The van der Waals surface area contributed by atoms with E-state index in [1.54, 1.807) is 14.2 Å². The molecule has 0 spiro atoms. The van der Waals surface area contributed by atoms with Crippen molar-refractivity contribution in [3.05, 3.63) is 59.4 Å². The number of furan rings is 1. The molecular formula is C28H35N3O5. The van der Waals surface area contributed by atoms with Crippen LogP contribution in [0.2, 0.25) is 0 Å². The lowest BCUT2D eigenvalue weighted by Crippen LogP contribution is -2.35. The SMILES string of the molecule is COc1ccc2c(C)c(C(=O)N3CCCCNC(c4ccccc4)CC(=O)NCCC3)oc2c1OC. The third kappa shape index (κ3) is 5.65. The normalized spacial score (nSPS) is 18.0. The van der Waals surface area contributed by atoms with Gasteiger partial charge in [-0.2, -0.15) is 0 Å². The highest BCUT2D eigenvalue weighted by molar-refractivity contribution is 6.00. The summed E-state index contributed by atoms with van der Waals surface area (Å²) in [5.41, 5.74) is 2.39. The molecule has 2 aromatic carbocycles. The van der Waals surface area contributed by atoms with Crippen LogP contribution in [-0.2, 0) is 4.79 Å². The lowest BCUT2D eigenvalue weighted by atomic mass is 10.0. The second kappa shape index (κ2) is 11.9. The average molecular weight is 494 g/mol. The van der Waals surface area contributed by atoms with Crippen LogP contribution in [0.15, 0.2) is 46.9 Å². The molecule has 4 rings (SSSR count). The summed E-state index contributed by atoms with van der Waals surface area (Å²) < 4.78 is 17.0. The lowest BCUT2D eigenvalue weighted by Gasteiger charge is -2.22. The number of ether oxygens (including phenoxy) is 2. The predicted molar refractivity (Wildman–Crippen MR) is 139 cm³/mol. The number of methoxy groups -OCH3 is 2. The monoisotopic (exact) mass is 493 g/mol. The minimum atomic E-state index is -0.152. The molecule has 0 radical (unpaired) electrons. The summed E-state index contributed by atoms with van der Waals surface area (Å²) in [6.07, 6.45) is 2.78. The van der Waals surface area contributed by atoms with E-state index >= 15 is 0 Å². The maximum Gasteiger partial charge on any atom is 0.289 e. The summed E-state index contributed by atoms with van der Waals surface area (Å²) in [6.45, 7) is 4.30. The third-order valence-electron chi connectivity index (χ3n) is 6.69. The largest absolute Gasteiger partial charge is 0.493 e. The zero-order valence-corrected chi connectivity index (χ0v) is 21.3. The molecule has 1 atom stereocenters. The Labute approximate surface area is 211 Å². The minimum Gasteiger partial charge on any atom is -0.493 e. The zero-order valence-electron chi connectivity index (χ0n) is 21.3. The van der Waals surface area contributed by atoms with Gasteiger partial charge in [0.15, 0.2) is 17.1 Å². The summed E-state index contributed by atoms with van der Waals surface area (Å²) in [4.78, 5) is 28.0. The number of nitrogens with zero attached hydrogens (tertiary/aromatic N) is 1. The molecule has 0 bridgehead atoms. The molecule has 3 aromatic rings. The first-order chi connectivity index (χ1) is 17.5. The second-order valence-electron chi connectivity index (χ2n) is 9.06. The molecule has 0 aliphatic carbocycles. The minimum absolute atomic E-state index is 0.00245. The van der Waals surface area contributed by atoms with Gasteiger partial charge in [0, 0.05) is 43.0 Å². The lowest BCUT2D eigenvalue weighted by molar-refractivity contribution is -0.121. The van der Waals surface area contributed by atoms with Gasteiger partial charge >= 0.3 is 0 Å². The zero-order chi connectivity index (χ0) is 25.5. The molecule has 2 amide bonds. The van der Waals surface area contributed by atoms with Crippen LogP contribution in [0.1, 0.15) is 53.4 Å². The Morgan fingerprint density at radius 3 is 2.53 bits per heavy atom. The number of hydrogen-bond acceptors (Lipinski definition) is 6. The fourth-order valence-electron chi connectivity index (χ4n) is 4.71. The van der Waals surface area contributed by atoms with Crippen LogP contribution < -0.4 is 20.1 Å². The molecule has 2 N–H and O–H groups in total. The number of nitrogens with one attached hydrogen (secondary N) is 2. The Morgan fingerprint density at radius 1 is 1.00 bits per heavy atom. The van der Waals surface area contributed by atoms with Gasteiger partial charge in [0.25, 0.3) is 5.91 Å². The van der Waals surface area contributed by atoms with Gasteiger partial charge in [-0.05, 0) is 50.4 Å². The van der Waals surface area contributed by atoms with Crippen molar-refractivity contribution in [2.75, 3.05) is 40.4 Å². The molecule has 36 heavy (non-hydrogen) atoms. The number of carbonyl (C=O) groups excluding carboxylic acids is 2. The number of carbonyl (C=O) groups is 2. The summed E-state index contributed by atoms with van der Waals surface area (Å²) in [6, 6.07) is 13.7. The van der Waals surface area contributed by atoms with Crippen molar-refractivity contribution in [3.63, 3.8) is 0 Å². The molecule has 1 unspecified atom stereocenters. The molecule has 1 aromatic heterocycles. The molecule has 2 heterocycles. The summed E-state index contributed by atoms with van der Waals surface area (Å²) in [5.74, 6) is 1.19.